The molecule has 0 radical (unpaired) electrons. The normalized spacial score (nSPS) is 15.5. The Morgan fingerprint density at radius 1 is 0.886 bits per heavy atom. The molecule has 0 aliphatic carbocycles. The molecule has 7 aromatic rings. The van der Waals surface area contributed by atoms with Crippen LogP contribution in [0.4, 0.5) is 5.69 Å². The van der Waals surface area contributed by atoms with Gasteiger partial charge in [-0.15, -0.1) is 11.3 Å². The molecular formula is C37H33N3O2S2. The molecule has 0 saturated carbocycles. The largest absolute Gasteiger partial charge is 0.384 e. The molecule has 4 heterocycles. The van der Waals surface area contributed by atoms with E-state index in [9.17, 15) is 8.42 Å². The van der Waals surface area contributed by atoms with Gasteiger partial charge in [0.05, 0.1) is 10.4 Å². The molecular weight excluding hydrogens is 583 g/mol. The molecule has 0 fully saturated rings. The van der Waals surface area contributed by atoms with Crippen LogP contribution in [0.2, 0.25) is 0 Å². The minimum absolute atomic E-state index is 0.199. The highest BCUT2D eigenvalue weighted by Gasteiger charge is 2.29. The first-order chi connectivity index (χ1) is 21.4. The molecule has 0 bridgehead atoms. The Kier molecular flexibility index (Phi) is 6.43. The molecule has 8 rings (SSSR count). The van der Waals surface area contributed by atoms with E-state index in [1.165, 1.54) is 41.0 Å². The minimum atomic E-state index is -3.82. The van der Waals surface area contributed by atoms with Gasteiger partial charge >= 0.3 is 0 Å². The van der Waals surface area contributed by atoms with Crippen LogP contribution in [0.5, 0.6) is 0 Å². The highest BCUT2D eigenvalue weighted by molar-refractivity contribution is 7.90. The van der Waals surface area contributed by atoms with Gasteiger partial charge in [-0.1, -0.05) is 60.2 Å². The van der Waals surface area contributed by atoms with Crippen LogP contribution < -0.4 is 5.32 Å². The number of nitrogens with zero attached hydrogens (tertiary/aromatic N) is 2. The topological polar surface area (TPSA) is 56.0 Å². The molecule has 1 aliphatic rings. The van der Waals surface area contributed by atoms with Crippen LogP contribution in [0.25, 0.3) is 31.9 Å². The Labute approximate surface area is 261 Å². The number of aryl methyl sites for hydroxylation is 2. The van der Waals surface area contributed by atoms with Gasteiger partial charge in [0.15, 0.2) is 0 Å². The highest BCUT2D eigenvalue weighted by atomic mass is 32.2. The molecule has 44 heavy (non-hydrogen) atoms. The van der Waals surface area contributed by atoms with E-state index >= 15 is 0 Å². The number of aromatic nitrogens is 2. The lowest BCUT2D eigenvalue weighted by atomic mass is 9.86. The molecule has 1 unspecified atom stereocenters. The third-order valence-corrected chi connectivity index (χ3v) is 11.9. The van der Waals surface area contributed by atoms with E-state index in [0.717, 1.165) is 41.6 Å². The molecule has 220 valence electrons. The summed E-state index contributed by atoms with van der Waals surface area (Å²) in [4.78, 5) is 1.51. The summed E-state index contributed by atoms with van der Waals surface area (Å²) in [7, 11) is -1.70. The summed E-state index contributed by atoms with van der Waals surface area (Å²) in [5, 5.41) is 7.27. The number of benzene rings is 4. The fourth-order valence-corrected chi connectivity index (χ4v) is 9.46. The summed E-state index contributed by atoms with van der Waals surface area (Å²) in [5.74, 6) is 0.199. The van der Waals surface area contributed by atoms with Gasteiger partial charge in [0.2, 0.25) is 0 Å². The second kappa shape index (κ2) is 10.4. The standard InChI is InChI=1S/C37H33N3O2S2/c1-24-13-15-28(16-14-24)44(41,42)40-22-26(21-27-20-25-8-3-6-12-35(25)43-27)36-34(40)18-17-31-29(10-7-19-38-37(31)36)32-23-39(2)33-11-5-4-9-30(32)33/h3-6,8-9,11-18,20,22-23,29,38H,7,10,19,21H2,1-2H3. The number of nitrogens with one attached hydrogen (secondary N) is 1. The van der Waals surface area contributed by atoms with Crippen LogP contribution in [0.1, 0.15) is 45.9 Å². The molecule has 0 amide bonds. The summed E-state index contributed by atoms with van der Waals surface area (Å²) in [6.45, 7) is 2.81. The molecule has 1 N–H and O–H groups in total. The summed E-state index contributed by atoms with van der Waals surface area (Å²) in [6.07, 6.45) is 6.85. The quantitative estimate of drug-likeness (QED) is 0.211. The number of fused-ring (bicyclic) bond motifs is 5. The van der Waals surface area contributed by atoms with Crippen LogP contribution in [0.15, 0.2) is 108 Å². The third-order valence-electron chi connectivity index (χ3n) is 9.12. The second-order valence-electron chi connectivity index (χ2n) is 12.0. The van der Waals surface area contributed by atoms with Crippen molar-refractivity contribution in [1.29, 1.82) is 0 Å². The van der Waals surface area contributed by atoms with Crippen molar-refractivity contribution >= 4 is 58.9 Å². The Morgan fingerprint density at radius 3 is 2.52 bits per heavy atom. The molecule has 1 atom stereocenters. The van der Waals surface area contributed by atoms with E-state index in [4.69, 9.17) is 0 Å². The summed E-state index contributed by atoms with van der Waals surface area (Å²) >= 11 is 1.78. The smallest absolute Gasteiger partial charge is 0.268 e. The number of para-hydroxylation sites is 1. The minimum Gasteiger partial charge on any atom is -0.384 e. The number of hydrogen-bond acceptors (Lipinski definition) is 4. The van der Waals surface area contributed by atoms with Gasteiger partial charge in [0.25, 0.3) is 10.0 Å². The van der Waals surface area contributed by atoms with E-state index in [1.807, 2.05) is 31.3 Å². The second-order valence-corrected chi connectivity index (χ2v) is 14.9. The van der Waals surface area contributed by atoms with Crippen LogP contribution in [-0.4, -0.2) is 23.5 Å². The van der Waals surface area contributed by atoms with E-state index < -0.39 is 10.0 Å². The van der Waals surface area contributed by atoms with Gasteiger partial charge in [0, 0.05) is 69.9 Å². The van der Waals surface area contributed by atoms with Gasteiger partial charge < -0.3 is 9.88 Å². The summed E-state index contributed by atoms with van der Waals surface area (Å²) < 4.78 is 33.3. The summed E-state index contributed by atoms with van der Waals surface area (Å²) in [5.41, 5.74) is 7.60. The van der Waals surface area contributed by atoms with Gasteiger partial charge in [-0.25, -0.2) is 12.4 Å². The average molecular weight is 616 g/mol. The van der Waals surface area contributed by atoms with Gasteiger partial charge in [0.1, 0.15) is 0 Å². The van der Waals surface area contributed by atoms with Crippen LogP contribution in [0, 0.1) is 6.92 Å². The van der Waals surface area contributed by atoms with Crippen LogP contribution >= 0.6 is 11.3 Å². The average Bonchev–Trinajstić information content (AvgIpc) is 3.66. The van der Waals surface area contributed by atoms with Crippen molar-refractivity contribution in [3.8, 4) is 0 Å². The first-order valence-corrected chi connectivity index (χ1v) is 17.4. The monoisotopic (exact) mass is 615 g/mol. The molecule has 0 saturated heterocycles. The van der Waals surface area contributed by atoms with Crippen molar-refractivity contribution in [1.82, 2.24) is 8.54 Å². The highest BCUT2D eigenvalue weighted by Crippen LogP contribution is 2.45. The third kappa shape index (κ3) is 4.37. The number of anilines is 1. The zero-order chi connectivity index (χ0) is 30.0. The van der Waals surface area contributed by atoms with Crippen molar-refractivity contribution in [2.75, 3.05) is 11.9 Å². The predicted octanol–water partition coefficient (Wildman–Crippen LogP) is 8.82. The molecule has 4 aromatic carbocycles. The zero-order valence-corrected chi connectivity index (χ0v) is 26.4. The number of thiophene rings is 1. The fourth-order valence-electron chi connectivity index (χ4n) is 6.99. The predicted molar refractivity (Wildman–Crippen MR) is 183 cm³/mol. The van der Waals surface area contributed by atoms with Gasteiger partial charge in [-0.2, -0.15) is 0 Å². The van der Waals surface area contributed by atoms with Crippen molar-refractivity contribution < 1.29 is 8.42 Å². The van der Waals surface area contributed by atoms with E-state index in [0.29, 0.717) is 16.8 Å². The van der Waals surface area contributed by atoms with Crippen molar-refractivity contribution in [3.05, 3.63) is 131 Å². The maximum absolute atomic E-state index is 14.2. The van der Waals surface area contributed by atoms with E-state index in [-0.39, 0.29) is 5.92 Å². The Balaban J connectivity index is 1.36. The van der Waals surface area contributed by atoms with E-state index in [2.05, 4.69) is 83.8 Å². The molecule has 5 nitrogen and oxygen atoms in total. The van der Waals surface area contributed by atoms with Crippen LogP contribution in [-0.2, 0) is 23.5 Å². The molecule has 7 heteroatoms. The molecule has 3 aromatic heterocycles. The number of hydrogen-bond donors (Lipinski definition) is 1. The lowest BCUT2D eigenvalue weighted by Gasteiger charge is -2.19. The lowest BCUT2D eigenvalue weighted by molar-refractivity contribution is 0.589. The summed E-state index contributed by atoms with van der Waals surface area (Å²) in [6, 6.07) is 30.6. The van der Waals surface area contributed by atoms with Crippen molar-refractivity contribution in [2.45, 2.75) is 37.0 Å². The first kappa shape index (κ1) is 27.2. The van der Waals surface area contributed by atoms with Gasteiger partial charge in [-0.05, 0) is 78.2 Å². The van der Waals surface area contributed by atoms with Crippen LogP contribution in [0.3, 0.4) is 0 Å². The Morgan fingerprint density at radius 2 is 1.68 bits per heavy atom. The zero-order valence-electron chi connectivity index (χ0n) is 24.7. The molecule has 0 spiro atoms. The maximum atomic E-state index is 14.2. The molecule has 1 aliphatic heterocycles. The SMILES string of the molecule is Cc1ccc(S(=O)(=O)n2cc(Cc3cc4ccccc4s3)c3c4c(ccc32)C(c2cn(C)c3ccccc23)CCCN4)cc1. The fraction of sp³-hybridized carbons (Fsp3) is 0.189. The lowest BCUT2D eigenvalue weighted by Crippen LogP contribution is -2.12. The van der Waals surface area contributed by atoms with Gasteiger partial charge in [-0.3, -0.25) is 0 Å². The maximum Gasteiger partial charge on any atom is 0.268 e. The van der Waals surface area contributed by atoms with Crippen molar-refractivity contribution in [3.63, 3.8) is 0 Å². The number of rotatable bonds is 5. The first-order valence-electron chi connectivity index (χ1n) is 15.1. The van der Waals surface area contributed by atoms with E-state index in [1.54, 1.807) is 23.5 Å². The Hall–Kier alpha value is -4.33. The van der Waals surface area contributed by atoms with Crippen molar-refractivity contribution in [2.24, 2.45) is 7.05 Å². The Bertz CT molecular complexity index is 2270.